The molecule has 0 atom stereocenters. The van der Waals surface area contributed by atoms with E-state index in [-0.39, 0.29) is 5.91 Å². The van der Waals surface area contributed by atoms with Gasteiger partial charge in [0.1, 0.15) is 12.4 Å². The fourth-order valence-electron chi connectivity index (χ4n) is 2.42. The minimum Gasteiger partial charge on any atom is -0.487 e. The Morgan fingerprint density at radius 3 is 2.70 bits per heavy atom. The molecule has 3 rings (SSSR count). The first-order valence-electron chi connectivity index (χ1n) is 8.77. The van der Waals surface area contributed by atoms with Crippen LogP contribution in [0.15, 0.2) is 77.8 Å². The molecule has 2 aromatic carbocycles. The highest BCUT2D eigenvalue weighted by Crippen LogP contribution is 2.18. The molecule has 1 aromatic heterocycles. The Kier molecular flexibility index (Phi) is 6.88. The molecular weight excluding hydrogens is 356 g/mol. The van der Waals surface area contributed by atoms with Crippen LogP contribution in [-0.4, -0.2) is 16.6 Å². The van der Waals surface area contributed by atoms with Gasteiger partial charge in [-0.3, -0.25) is 9.78 Å². The summed E-state index contributed by atoms with van der Waals surface area (Å²) >= 11 is 1.54. The quantitative estimate of drug-likeness (QED) is 0.591. The van der Waals surface area contributed by atoms with Crippen molar-refractivity contribution in [2.24, 2.45) is 0 Å². The third-order valence-corrected chi connectivity index (χ3v) is 4.90. The van der Waals surface area contributed by atoms with E-state index in [1.165, 1.54) is 17.3 Å². The molecule has 138 valence electrons. The summed E-state index contributed by atoms with van der Waals surface area (Å²) in [5.74, 6) is 1.18. The van der Waals surface area contributed by atoms with Crippen molar-refractivity contribution in [2.75, 3.05) is 5.75 Å². The summed E-state index contributed by atoms with van der Waals surface area (Å²) in [4.78, 5) is 17.4. The molecule has 0 saturated carbocycles. The Balaban J connectivity index is 1.44. The van der Waals surface area contributed by atoms with Crippen molar-refractivity contribution in [1.82, 2.24) is 10.3 Å². The molecule has 3 aromatic rings. The largest absolute Gasteiger partial charge is 0.487 e. The van der Waals surface area contributed by atoms with Crippen LogP contribution in [0.4, 0.5) is 0 Å². The van der Waals surface area contributed by atoms with Gasteiger partial charge in [-0.05, 0) is 48.9 Å². The van der Waals surface area contributed by atoms with Gasteiger partial charge in [-0.1, -0.05) is 35.9 Å². The average molecular weight is 378 g/mol. The van der Waals surface area contributed by atoms with E-state index in [0.717, 1.165) is 21.9 Å². The summed E-state index contributed by atoms with van der Waals surface area (Å²) in [6.45, 7) is 2.95. The maximum atomic E-state index is 12.1. The zero-order chi connectivity index (χ0) is 18.9. The summed E-state index contributed by atoms with van der Waals surface area (Å²) in [7, 11) is 0. The van der Waals surface area contributed by atoms with E-state index >= 15 is 0 Å². The summed E-state index contributed by atoms with van der Waals surface area (Å²) in [5.41, 5.74) is 3.10. The summed E-state index contributed by atoms with van der Waals surface area (Å²) in [6, 6.07) is 21.7. The second-order valence-corrected chi connectivity index (χ2v) is 7.18. The molecule has 5 heteroatoms. The van der Waals surface area contributed by atoms with E-state index in [1.807, 2.05) is 54.6 Å². The Hall–Kier alpha value is -2.79. The first kappa shape index (κ1) is 19.0. The number of amides is 1. The highest BCUT2D eigenvalue weighted by atomic mass is 32.2. The Morgan fingerprint density at radius 2 is 1.93 bits per heavy atom. The minimum atomic E-state index is 0.0142. The number of carbonyl (C=O) groups is 1. The monoisotopic (exact) mass is 378 g/mol. The van der Waals surface area contributed by atoms with E-state index in [4.69, 9.17) is 4.74 Å². The van der Waals surface area contributed by atoms with Gasteiger partial charge in [0.15, 0.2) is 0 Å². The van der Waals surface area contributed by atoms with Crippen molar-refractivity contribution >= 4 is 17.7 Å². The third-order valence-electron chi connectivity index (χ3n) is 3.89. The lowest BCUT2D eigenvalue weighted by atomic mass is 10.2. The van der Waals surface area contributed by atoms with Gasteiger partial charge in [0.25, 0.3) is 0 Å². The lowest BCUT2D eigenvalue weighted by Gasteiger charge is -2.09. The number of carbonyl (C=O) groups excluding carboxylic acids is 1. The van der Waals surface area contributed by atoms with Gasteiger partial charge in [0.05, 0.1) is 11.4 Å². The van der Waals surface area contributed by atoms with E-state index in [9.17, 15) is 4.79 Å². The minimum absolute atomic E-state index is 0.0142. The van der Waals surface area contributed by atoms with Crippen LogP contribution in [0.2, 0.25) is 0 Å². The molecule has 1 N–H and O–H groups in total. The number of nitrogens with one attached hydrogen (secondary N) is 1. The van der Waals surface area contributed by atoms with Crippen molar-refractivity contribution in [3.05, 3.63) is 89.7 Å². The molecule has 0 aliphatic rings. The van der Waals surface area contributed by atoms with Crippen molar-refractivity contribution in [3.8, 4) is 5.75 Å². The maximum absolute atomic E-state index is 12.1. The van der Waals surface area contributed by atoms with E-state index in [1.54, 1.807) is 6.20 Å². The fraction of sp³-hybridized carbons (Fsp3) is 0.182. The number of ether oxygens (including phenoxy) is 1. The first-order chi connectivity index (χ1) is 13.2. The molecular formula is C22H22N2O2S. The number of aryl methyl sites for hydroxylation is 1. The summed E-state index contributed by atoms with van der Waals surface area (Å²) < 4.78 is 5.78. The van der Waals surface area contributed by atoms with Crippen LogP contribution >= 0.6 is 11.8 Å². The van der Waals surface area contributed by atoms with Crippen LogP contribution in [0.3, 0.4) is 0 Å². The number of rotatable bonds is 8. The molecule has 27 heavy (non-hydrogen) atoms. The molecule has 0 spiro atoms. The topological polar surface area (TPSA) is 51.2 Å². The highest BCUT2D eigenvalue weighted by molar-refractivity contribution is 8.00. The predicted octanol–water partition coefficient (Wildman–Crippen LogP) is 4.38. The Labute approximate surface area is 164 Å². The number of benzene rings is 2. The lowest BCUT2D eigenvalue weighted by Crippen LogP contribution is -2.24. The smallest absolute Gasteiger partial charge is 0.230 e. The van der Waals surface area contributed by atoms with Crippen molar-refractivity contribution in [3.63, 3.8) is 0 Å². The average Bonchev–Trinajstić information content (AvgIpc) is 2.71. The zero-order valence-electron chi connectivity index (χ0n) is 15.2. The highest BCUT2D eigenvalue weighted by Gasteiger charge is 2.04. The Morgan fingerprint density at radius 1 is 1.07 bits per heavy atom. The number of hydrogen-bond donors (Lipinski definition) is 1. The number of thioether (sulfide) groups is 1. The van der Waals surface area contributed by atoms with E-state index in [0.29, 0.717) is 18.9 Å². The number of hydrogen-bond acceptors (Lipinski definition) is 4. The number of aromatic nitrogens is 1. The normalized spacial score (nSPS) is 10.4. The summed E-state index contributed by atoms with van der Waals surface area (Å²) in [6.07, 6.45) is 1.75. The van der Waals surface area contributed by atoms with Gasteiger partial charge >= 0.3 is 0 Å². The van der Waals surface area contributed by atoms with Crippen molar-refractivity contribution in [2.45, 2.75) is 25.0 Å². The zero-order valence-corrected chi connectivity index (χ0v) is 16.0. The molecule has 1 amide bonds. The van der Waals surface area contributed by atoms with Crippen LogP contribution in [0, 0.1) is 6.92 Å². The molecule has 0 radical (unpaired) electrons. The van der Waals surface area contributed by atoms with Gasteiger partial charge < -0.3 is 10.1 Å². The molecule has 0 aliphatic carbocycles. The van der Waals surface area contributed by atoms with Crippen molar-refractivity contribution in [1.29, 1.82) is 0 Å². The van der Waals surface area contributed by atoms with Crippen LogP contribution in [0.25, 0.3) is 0 Å². The van der Waals surface area contributed by atoms with Crippen LogP contribution < -0.4 is 10.1 Å². The van der Waals surface area contributed by atoms with Gasteiger partial charge in [0, 0.05) is 17.6 Å². The van der Waals surface area contributed by atoms with Gasteiger partial charge in [-0.25, -0.2) is 0 Å². The molecule has 0 bridgehead atoms. The first-order valence-corrected chi connectivity index (χ1v) is 9.75. The molecule has 0 aliphatic heterocycles. The summed E-state index contributed by atoms with van der Waals surface area (Å²) in [5, 5.41) is 2.95. The van der Waals surface area contributed by atoms with Crippen molar-refractivity contribution < 1.29 is 9.53 Å². The fourth-order valence-corrected chi connectivity index (χ4v) is 3.15. The van der Waals surface area contributed by atoms with Crippen LogP contribution in [-0.2, 0) is 17.9 Å². The standard InChI is InChI=1S/C22H22N2O2S/c1-17-8-10-21(11-9-17)27-16-22(25)24-14-18-5-4-7-20(13-18)26-15-19-6-2-3-12-23-19/h2-13H,14-16H2,1H3,(H,24,25). The molecule has 0 saturated heterocycles. The number of nitrogens with zero attached hydrogens (tertiary/aromatic N) is 1. The van der Waals surface area contributed by atoms with Crippen LogP contribution in [0.5, 0.6) is 5.75 Å². The van der Waals surface area contributed by atoms with Gasteiger partial charge in [-0.2, -0.15) is 0 Å². The van der Waals surface area contributed by atoms with Gasteiger partial charge in [-0.15, -0.1) is 11.8 Å². The van der Waals surface area contributed by atoms with Gasteiger partial charge in [0.2, 0.25) is 5.91 Å². The van der Waals surface area contributed by atoms with E-state index in [2.05, 4.69) is 29.4 Å². The SMILES string of the molecule is Cc1ccc(SCC(=O)NCc2cccc(OCc3ccccn3)c2)cc1. The van der Waals surface area contributed by atoms with E-state index < -0.39 is 0 Å². The molecule has 0 fully saturated rings. The molecule has 4 nitrogen and oxygen atoms in total. The lowest BCUT2D eigenvalue weighted by molar-refractivity contribution is -0.118. The predicted molar refractivity (Wildman–Crippen MR) is 109 cm³/mol. The molecule has 1 heterocycles. The second-order valence-electron chi connectivity index (χ2n) is 6.14. The Bertz CT molecular complexity index is 867. The second kappa shape index (κ2) is 9.78. The number of pyridine rings is 1. The molecule has 0 unspecified atom stereocenters. The van der Waals surface area contributed by atoms with Crippen LogP contribution in [0.1, 0.15) is 16.8 Å². The maximum Gasteiger partial charge on any atom is 0.230 e. The third kappa shape index (κ3) is 6.46.